The smallest absolute Gasteiger partial charge is 0.326 e. The van der Waals surface area contributed by atoms with Gasteiger partial charge in [0.15, 0.2) is 5.96 Å². The molecule has 17 atom stereocenters. The molecule has 4 heterocycles. The van der Waals surface area contributed by atoms with Crippen LogP contribution >= 0.6 is 21.6 Å². The second-order valence-corrected chi connectivity index (χ2v) is 29.2. The number of nitrogens with zero attached hydrogens (tertiary/aromatic N) is 3. The molecule has 5 fully saturated rings. The van der Waals surface area contributed by atoms with Crippen LogP contribution in [0.1, 0.15) is 152 Å². The van der Waals surface area contributed by atoms with Gasteiger partial charge in [0.1, 0.15) is 66.5 Å². The molecular formula is C63H107N15O16S2. The molecule has 4 saturated heterocycles. The summed E-state index contributed by atoms with van der Waals surface area (Å²) in [5.41, 5.74) is 17.6. The fourth-order valence-corrected chi connectivity index (χ4v) is 15.2. The maximum Gasteiger partial charge on any atom is 0.326 e. The number of hydrogen-bond acceptors (Lipinski definition) is 19. The number of aliphatic imine (C=N–C) groups is 1. The number of amides is 11. The highest BCUT2D eigenvalue weighted by atomic mass is 33.1. The summed E-state index contributed by atoms with van der Waals surface area (Å²) in [7, 11) is 1.83. The van der Waals surface area contributed by atoms with E-state index in [1.807, 2.05) is 13.8 Å². The monoisotopic (exact) mass is 1390 g/mol. The van der Waals surface area contributed by atoms with Gasteiger partial charge in [0.25, 0.3) is 0 Å². The molecule has 1 aliphatic carbocycles. The fraction of sp³-hybridized carbons (Fsp3) is 0.794. The van der Waals surface area contributed by atoms with Gasteiger partial charge in [-0.05, 0) is 99.7 Å². The molecule has 31 nitrogen and oxygen atoms in total. The molecular weight excluding hydrogens is 1290 g/mol. The molecule has 11 amide bonds. The van der Waals surface area contributed by atoms with Crippen molar-refractivity contribution in [1.29, 1.82) is 0 Å². The van der Waals surface area contributed by atoms with Gasteiger partial charge in [-0.3, -0.25) is 57.7 Å². The molecule has 0 spiro atoms. The van der Waals surface area contributed by atoms with Crippen LogP contribution in [0.15, 0.2) is 4.99 Å². The Morgan fingerprint density at radius 3 is 1.85 bits per heavy atom. The zero-order valence-corrected chi connectivity index (χ0v) is 58.4. The van der Waals surface area contributed by atoms with Gasteiger partial charge in [-0.1, -0.05) is 109 Å². The Morgan fingerprint density at radius 2 is 1.25 bits per heavy atom. The number of aliphatic carboxylic acids is 1. The molecule has 96 heavy (non-hydrogen) atoms. The van der Waals surface area contributed by atoms with Crippen LogP contribution in [0.5, 0.6) is 0 Å². The first kappa shape index (κ1) is 80.1. The van der Waals surface area contributed by atoms with Crippen molar-refractivity contribution in [2.45, 2.75) is 230 Å². The number of guanidine groups is 1. The summed E-state index contributed by atoms with van der Waals surface area (Å²) >= 11 is 0. The lowest BCUT2D eigenvalue weighted by molar-refractivity contribution is -0.150. The number of rotatable bonds is 22. The fourth-order valence-electron chi connectivity index (χ4n) is 12.9. The number of hydrogen-bond donors (Lipinski definition) is 15. The molecule has 0 aromatic carbocycles. The van der Waals surface area contributed by atoms with E-state index in [4.69, 9.17) is 21.9 Å². The lowest BCUT2D eigenvalue weighted by Crippen LogP contribution is -2.62. The lowest BCUT2D eigenvalue weighted by Gasteiger charge is -2.38. The first-order valence-electron chi connectivity index (χ1n) is 34.0. The van der Waals surface area contributed by atoms with Crippen LogP contribution in [-0.4, -0.2) is 232 Å². The van der Waals surface area contributed by atoms with Crippen molar-refractivity contribution in [3.63, 3.8) is 0 Å². The van der Waals surface area contributed by atoms with E-state index >= 15 is 9.59 Å². The number of fused-ring (bicyclic) bond motifs is 4. The third-order valence-electron chi connectivity index (χ3n) is 19.3. The Morgan fingerprint density at radius 1 is 0.656 bits per heavy atom. The van der Waals surface area contributed by atoms with Crippen LogP contribution < -0.4 is 65.1 Å². The maximum absolute atomic E-state index is 15.3. The number of carbonyl (C=O) groups is 12. The largest absolute Gasteiger partial charge is 0.480 e. The molecule has 4 aliphatic heterocycles. The zero-order chi connectivity index (χ0) is 71.1. The molecule has 5 rings (SSSR count). The Bertz CT molecular complexity index is 2730. The number of carboxylic acids is 1. The highest BCUT2D eigenvalue weighted by Gasteiger charge is 2.52. The van der Waals surface area contributed by atoms with E-state index in [9.17, 15) is 63.3 Å². The van der Waals surface area contributed by atoms with Crippen molar-refractivity contribution in [3.05, 3.63) is 0 Å². The molecule has 33 heteroatoms. The van der Waals surface area contributed by atoms with E-state index in [2.05, 4.69) is 52.8 Å². The highest BCUT2D eigenvalue weighted by molar-refractivity contribution is 8.76. The predicted molar refractivity (Wildman–Crippen MR) is 359 cm³/mol. The Hall–Kier alpha value is -6.55. The topological polar surface area (TPSA) is 480 Å². The Balaban J connectivity index is 1.61. The number of carbonyl (C=O) groups excluding carboxylic acids is 11. The minimum absolute atomic E-state index is 0.0346. The van der Waals surface area contributed by atoms with Crippen LogP contribution in [0.3, 0.4) is 0 Å². The van der Waals surface area contributed by atoms with Crippen molar-refractivity contribution in [2.24, 2.45) is 57.7 Å². The zero-order valence-electron chi connectivity index (χ0n) is 56.8. The van der Waals surface area contributed by atoms with Crippen LogP contribution in [-0.2, 0) is 62.3 Å². The van der Waals surface area contributed by atoms with Crippen LogP contribution in [0.25, 0.3) is 0 Å². The molecule has 0 aromatic heterocycles. The van der Waals surface area contributed by atoms with Crippen molar-refractivity contribution >= 4 is 98.5 Å². The third kappa shape index (κ3) is 22.5. The summed E-state index contributed by atoms with van der Waals surface area (Å²) < 4.78 is 5.45. The van der Waals surface area contributed by atoms with E-state index in [-0.39, 0.29) is 80.4 Å². The van der Waals surface area contributed by atoms with Gasteiger partial charge in [-0.15, -0.1) is 0 Å². The van der Waals surface area contributed by atoms with Crippen molar-refractivity contribution in [3.8, 4) is 0 Å². The number of ether oxygens (including phenoxy) is 1. The molecule has 0 bridgehead atoms. The standard InChI is InChI=1S/C63H107N15O16S2/c1-9-33(6)48-58(88)73-43(55(85)76-50(62(92)93)35(8)11-3)31-96-95-30-42(72-59(89)49(34(7)10-2)75-57(87)47(64)36-20-24-94-25-21-36)54(84)71-40(28-79)52(82)68-38(17-14-22-67-63(65)66)51(81)70-41(29-80)53(83)69-39(26-32(4)5)60(90)77-23-15-19-45(77)61(91)78-44-18-13-12-16-37(44)27-46(78)56(86)74-48/h32-50,79-80H,9-31,64H2,1-8H3,(H,68,82)(H,69,83)(H,70,81)(H,71,84)(H,72,89)(H,73,88)(H,74,86)(H,75,87)(H,76,85)(H,92,93)(H4,65,66,67)/t33-,34?,35?,37-,38-,39-,40-,41-,42-,43-,44-,45?,46-,47-,48-,49-,50-/m0/s1. The van der Waals surface area contributed by atoms with Crippen molar-refractivity contribution < 1.29 is 77.6 Å². The quantitative estimate of drug-likeness (QED) is 0.0240. The second kappa shape index (κ2) is 39.1. The number of carboxylic acid groups (broad SMARTS) is 1. The Labute approximate surface area is 570 Å². The number of aliphatic hydroxyl groups is 2. The van der Waals surface area contributed by atoms with E-state index in [1.165, 1.54) is 4.90 Å². The minimum atomic E-state index is -1.85. The molecule has 542 valence electrons. The van der Waals surface area contributed by atoms with Crippen molar-refractivity contribution in [2.75, 3.05) is 51.0 Å². The summed E-state index contributed by atoms with van der Waals surface area (Å²) in [6.07, 6.45) is 5.66. The van der Waals surface area contributed by atoms with Gasteiger partial charge < -0.3 is 94.9 Å². The minimum Gasteiger partial charge on any atom is -0.480 e. The molecule has 1 saturated carbocycles. The van der Waals surface area contributed by atoms with Gasteiger partial charge in [-0.2, -0.15) is 0 Å². The number of aliphatic hydroxyl groups excluding tert-OH is 2. The van der Waals surface area contributed by atoms with Gasteiger partial charge in [0.05, 0.1) is 19.3 Å². The summed E-state index contributed by atoms with van der Waals surface area (Å²) in [6, 6.07) is -17.2. The highest BCUT2D eigenvalue weighted by Crippen LogP contribution is 2.41. The van der Waals surface area contributed by atoms with E-state index in [0.717, 1.165) is 34.4 Å². The van der Waals surface area contributed by atoms with Gasteiger partial charge in [0.2, 0.25) is 65.0 Å². The molecule has 3 unspecified atom stereocenters. The molecule has 5 aliphatic rings. The number of nitrogens with two attached hydrogens (primary N) is 3. The lowest BCUT2D eigenvalue weighted by atomic mass is 9.84. The van der Waals surface area contributed by atoms with Crippen LogP contribution in [0.4, 0.5) is 0 Å². The van der Waals surface area contributed by atoms with Crippen LogP contribution in [0.2, 0.25) is 0 Å². The van der Waals surface area contributed by atoms with Gasteiger partial charge >= 0.3 is 5.97 Å². The third-order valence-corrected chi connectivity index (χ3v) is 21.7. The molecule has 18 N–H and O–H groups in total. The van der Waals surface area contributed by atoms with E-state index in [1.54, 1.807) is 46.4 Å². The normalized spacial score (nSPS) is 28.6. The second-order valence-electron chi connectivity index (χ2n) is 26.6. The molecule has 0 aromatic rings. The summed E-state index contributed by atoms with van der Waals surface area (Å²) in [5.74, 6) is -13.8. The average Bonchev–Trinajstić information content (AvgIpc) is 1.61. The molecule has 0 radical (unpaired) electrons. The van der Waals surface area contributed by atoms with Gasteiger partial charge in [-0.25, -0.2) is 4.79 Å². The average molecular weight is 1390 g/mol. The number of nitrogens with one attached hydrogen (secondary N) is 9. The summed E-state index contributed by atoms with van der Waals surface area (Å²) in [6.45, 7) is 12.7. The van der Waals surface area contributed by atoms with Crippen LogP contribution in [0, 0.1) is 35.5 Å². The van der Waals surface area contributed by atoms with Gasteiger partial charge in [0, 0.05) is 43.9 Å². The van der Waals surface area contributed by atoms with E-state index < -0.39 is 180 Å². The predicted octanol–water partition coefficient (Wildman–Crippen LogP) is -2.04. The first-order chi connectivity index (χ1) is 45.6. The van der Waals surface area contributed by atoms with Crippen molar-refractivity contribution in [1.82, 2.24) is 57.7 Å². The SMILES string of the molecule is CCC(C)[C@H](NC(=O)[C@@H]1CSSC[C@H](NC(=O)[C@@H](NC(=O)[C@@H](N)C2CCOCC2)C(C)CC)C(=O)N[C@@H](CO)C(=O)N[C@@H](CCCN=C(N)N)C(=O)N[C@@H](CO)C(=O)N[C@@H](CC(C)C)C(=O)N2CCCC2C(=O)N2[C@@H](C[C@@H]3CCCC[C@@H]32)C(=O)N[C@@H]([C@@H](C)CC)C(=O)N1)C(=O)O. The van der Waals surface area contributed by atoms with E-state index in [0.29, 0.717) is 64.6 Å². The summed E-state index contributed by atoms with van der Waals surface area (Å²) in [4.78, 5) is 180. The summed E-state index contributed by atoms with van der Waals surface area (Å²) in [5, 5.41) is 55.5. The first-order valence-corrected chi connectivity index (χ1v) is 36.5. The maximum atomic E-state index is 15.3. The Kier molecular flexibility index (Phi) is 32.7.